The Labute approximate surface area is 667 Å². The third-order valence-corrected chi connectivity index (χ3v) is 30.8. The monoisotopic (exact) mass is 1610 g/mol. The number of fused-ring (bicyclic) bond motifs is 7. The molecule has 0 aromatic heterocycles. The molecular formula is C83H117N5O23Si2. The van der Waals surface area contributed by atoms with Crippen molar-refractivity contribution < 1.29 is 109 Å². The molecule has 4 aromatic rings. The number of esters is 2. The van der Waals surface area contributed by atoms with E-state index >= 15 is 0 Å². The third-order valence-electron chi connectivity index (χ3n) is 21.8. The summed E-state index contributed by atoms with van der Waals surface area (Å²) in [5, 5.41) is 25.5. The molecule has 1 saturated heterocycles. The lowest BCUT2D eigenvalue weighted by atomic mass is 9.76. The van der Waals surface area contributed by atoms with E-state index in [9.17, 15) is 29.5 Å². The first-order valence-corrected chi connectivity index (χ1v) is 43.8. The second kappa shape index (κ2) is 38.9. The average molecular weight is 1610 g/mol. The molecule has 2 amide bonds. The van der Waals surface area contributed by atoms with Crippen LogP contribution < -0.4 is 52.7 Å². The van der Waals surface area contributed by atoms with Crippen LogP contribution in [-0.4, -0.2) is 206 Å². The SMILES string of the molecule is C=CCOC(=O)N1[C@@H]2c3c(cc(C)c(OC)c3OCC=C)C[C@H]1[C@H](C#N)N([C@@H](C(=O)OCC)c1cc(OCOC)c(C)c3c1OCO3)[C@H]2CO[Si](C)(C)C(C)(C)C.C=CCOC(=O)N1[C@H](CO)Cc2cc(C)c(OC)c(OCC=C)c2[C@@H]1[C@H](CO[Si](C)(C)C(C)(C)C)N[C@@H](C(=O)OCC)c1cc(OCOC)c(C)c2c1OCO2. The molecule has 5 aliphatic heterocycles. The van der Waals surface area contributed by atoms with Gasteiger partial charge in [0.05, 0.1) is 89.6 Å². The molecule has 28 nitrogen and oxygen atoms in total. The first-order chi connectivity index (χ1) is 53.7. The van der Waals surface area contributed by atoms with Gasteiger partial charge in [-0.2, -0.15) is 5.26 Å². The molecule has 5 aliphatic rings. The van der Waals surface area contributed by atoms with E-state index in [-0.39, 0.29) is 110 Å². The number of carbonyl (C=O) groups is 4. The lowest BCUT2D eigenvalue weighted by molar-refractivity contribution is -0.158. The molecule has 5 heterocycles. The van der Waals surface area contributed by atoms with Crippen molar-refractivity contribution in [1.29, 1.82) is 5.26 Å². The van der Waals surface area contributed by atoms with Crippen LogP contribution in [-0.2, 0) is 59.7 Å². The number of methoxy groups -OCH3 is 4. The van der Waals surface area contributed by atoms with Crippen LogP contribution in [0.4, 0.5) is 9.59 Å². The van der Waals surface area contributed by atoms with Crippen LogP contribution in [0.15, 0.2) is 74.9 Å². The topological polar surface area (TPSA) is 300 Å². The number of carbonyl (C=O) groups excluding carboxylic acids is 4. The summed E-state index contributed by atoms with van der Waals surface area (Å²) in [5.74, 6) is 2.77. The van der Waals surface area contributed by atoms with Crippen LogP contribution in [0.2, 0.25) is 36.3 Å². The van der Waals surface area contributed by atoms with Gasteiger partial charge in [0.25, 0.3) is 0 Å². The molecule has 4 aromatic carbocycles. The Morgan fingerprint density at radius 1 is 0.619 bits per heavy atom. The Kier molecular flexibility index (Phi) is 30.8. The molecule has 0 radical (unpaired) electrons. The molecule has 0 unspecified atom stereocenters. The minimum Gasteiger partial charge on any atom is -0.493 e. The summed E-state index contributed by atoms with van der Waals surface area (Å²) < 4.78 is 108. The van der Waals surface area contributed by atoms with Crippen LogP contribution in [0.1, 0.15) is 135 Å². The Bertz CT molecular complexity index is 4130. The molecule has 30 heteroatoms. The number of nitrogens with zero attached hydrogens (tertiary/aromatic N) is 4. The molecule has 2 bridgehead atoms. The fourth-order valence-corrected chi connectivity index (χ4v) is 16.5. The minimum atomic E-state index is -2.54. The van der Waals surface area contributed by atoms with Gasteiger partial charge in [-0.15, -0.1) is 0 Å². The number of benzene rings is 4. The summed E-state index contributed by atoms with van der Waals surface area (Å²) in [7, 11) is 1.09. The molecule has 113 heavy (non-hydrogen) atoms. The molecule has 2 N–H and O–H groups in total. The highest BCUT2D eigenvalue weighted by Crippen LogP contribution is 2.57. The maximum Gasteiger partial charge on any atom is 0.411 e. The van der Waals surface area contributed by atoms with E-state index in [0.717, 1.165) is 22.3 Å². The Morgan fingerprint density at radius 3 is 1.57 bits per heavy atom. The highest BCUT2D eigenvalue weighted by molar-refractivity contribution is 6.74. The Balaban J connectivity index is 0.000000283. The predicted octanol–water partition coefficient (Wildman–Crippen LogP) is 13.5. The number of hydrogen-bond acceptors (Lipinski definition) is 26. The summed E-state index contributed by atoms with van der Waals surface area (Å²) >= 11 is 0. The van der Waals surface area contributed by atoms with Crippen molar-refractivity contribution in [3.8, 4) is 63.6 Å². The van der Waals surface area contributed by atoms with Gasteiger partial charge in [0.1, 0.15) is 56.1 Å². The van der Waals surface area contributed by atoms with Gasteiger partial charge in [-0.25, -0.2) is 19.2 Å². The van der Waals surface area contributed by atoms with Gasteiger partial charge in [0.2, 0.25) is 13.6 Å². The molecule has 0 saturated carbocycles. The van der Waals surface area contributed by atoms with Crippen molar-refractivity contribution >= 4 is 40.8 Å². The number of nitrogens with one attached hydrogen (secondary N) is 1. The van der Waals surface area contributed by atoms with E-state index in [4.69, 9.17) is 84.6 Å². The first kappa shape index (κ1) is 89.5. The number of aliphatic hydroxyl groups is 1. The summed E-state index contributed by atoms with van der Waals surface area (Å²) in [6.07, 6.45) is 5.35. The zero-order valence-electron chi connectivity index (χ0n) is 69.5. The van der Waals surface area contributed by atoms with Gasteiger partial charge >= 0.3 is 24.1 Å². The predicted molar refractivity (Wildman–Crippen MR) is 428 cm³/mol. The Hall–Kier alpha value is -9.04. The standard InChI is InChI=1S/C42H57N3O11Si.C41H60N2O12Si/c1-13-16-51-39-33-27(18-25(4)36(39)49-10)19-29-30(21-43)44(31(22-56-57(11,12)42(6,7)8)35(33)45(29)41(47)52-17-14-2)34(40(46)50-15-3)28-20-32(53-23-48-9)26(5)37-38(28)55-24-54-37;1-13-16-50-38-32-27(18-25(4)35(38)48-10)19-28(21-44)43(40(46)51-17-14-2)34(32)30(22-55-56(11,12)41(6,7)8)42-33(39(45)49-15-3)29-20-31(52-23-47-9)26(5)36-37(29)54-24-53-36/h13-14,18,20,29-31,34-35H,1-2,15-17,19,22-24H2,3-12H3;13-14,18,20,28,30,33-34,42,44H,1-2,15-17,19,21-24H2,3-12H3/t29-,30-,31-,34+,35-;28-,30-,33+,34-/m00/s1. The van der Waals surface area contributed by atoms with E-state index in [1.165, 1.54) is 31.3 Å². The lowest BCUT2D eigenvalue weighted by Crippen LogP contribution is -2.70. The van der Waals surface area contributed by atoms with Crippen LogP contribution in [0.3, 0.4) is 0 Å². The first-order valence-electron chi connectivity index (χ1n) is 38.0. The van der Waals surface area contributed by atoms with E-state index in [0.29, 0.717) is 90.9 Å². The number of aryl methyl sites for hydroxylation is 2. The van der Waals surface area contributed by atoms with Gasteiger partial charge < -0.3 is 89.7 Å². The molecule has 9 atom stereocenters. The molecule has 620 valence electrons. The zero-order valence-corrected chi connectivity index (χ0v) is 71.5. The van der Waals surface area contributed by atoms with E-state index in [1.807, 2.05) is 44.7 Å². The fraction of sp³-hybridized carbons (Fsp3) is 0.554. The molecule has 0 spiro atoms. The third kappa shape index (κ3) is 19.0. The van der Waals surface area contributed by atoms with Crippen LogP contribution in [0, 0.1) is 39.0 Å². The molecular weight excluding hydrogens is 1490 g/mol. The maximum absolute atomic E-state index is 14.8. The van der Waals surface area contributed by atoms with Gasteiger partial charge in [-0.3, -0.25) is 20.0 Å². The van der Waals surface area contributed by atoms with Gasteiger partial charge in [0.15, 0.2) is 76.2 Å². The van der Waals surface area contributed by atoms with E-state index in [1.54, 1.807) is 57.3 Å². The smallest absolute Gasteiger partial charge is 0.411 e. The number of piperazine rings is 1. The van der Waals surface area contributed by atoms with Crippen molar-refractivity contribution in [3.05, 3.63) is 131 Å². The van der Waals surface area contributed by atoms with Gasteiger partial charge in [-0.05, 0) is 125 Å². The molecule has 1 fully saturated rings. The quantitative estimate of drug-likeness (QED) is 0.0142. The molecule has 0 aliphatic carbocycles. The van der Waals surface area contributed by atoms with Crippen molar-refractivity contribution in [3.63, 3.8) is 0 Å². The average Bonchev–Trinajstić information content (AvgIpc) is 0.858. The van der Waals surface area contributed by atoms with Crippen LogP contribution in [0.5, 0.6) is 57.5 Å². The molecule has 9 rings (SSSR count). The maximum atomic E-state index is 14.8. The van der Waals surface area contributed by atoms with Crippen molar-refractivity contribution in [1.82, 2.24) is 20.0 Å². The highest BCUT2D eigenvalue weighted by Gasteiger charge is 2.60. The van der Waals surface area contributed by atoms with Crippen molar-refractivity contribution in [2.45, 2.75) is 187 Å². The van der Waals surface area contributed by atoms with Crippen LogP contribution >= 0.6 is 0 Å². The minimum absolute atomic E-state index is 0.00216. The summed E-state index contributed by atoms with van der Waals surface area (Å²) in [6.45, 7) is 47.0. The second-order valence-electron chi connectivity index (χ2n) is 31.0. The van der Waals surface area contributed by atoms with E-state index < -0.39 is 95.1 Å². The summed E-state index contributed by atoms with van der Waals surface area (Å²) in [4.78, 5) is 62.8. The summed E-state index contributed by atoms with van der Waals surface area (Å²) in [6, 6.07) is 1.15. The van der Waals surface area contributed by atoms with Gasteiger partial charge in [0, 0.05) is 47.6 Å². The van der Waals surface area contributed by atoms with Gasteiger partial charge in [-0.1, -0.05) is 104 Å². The normalized spacial score (nSPS) is 18.9. The number of ether oxygens (including phenoxy) is 16. The number of aliphatic hydroxyl groups excluding tert-OH is 1. The summed E-state index contributed by atoms with van der Waals surface area (Å²) in [5.41, 5.74) is 6.59. The second-order valence-corrected chi connectivity index (χ2v) is 40.6. The largest absolute Gasteiger partial charge is 0.493 e. The number of rotatable bonds is 35. The Morgan fingerprint density at radius 2 is 1.09 bits per heavy atom. The highest BCUT2D eigenvalue weighted by atomic mass is 28.4. The van der Waals surface area contributed by atoms with Crippen molar-refractivity contribution in [2.24, 2.45) is 0 Å². The van der Waals surface area contributed by atoms with Crippen LogP contribution in [0.25, 0.3) is 0 Å². The lowest BCUT2D eigenvalue weighted by Gasteiger charge is -2.58. The fourth-order valence-electron chi connectivity index (χ4n) is 14.5. The number of nitriles is 1. The zero-order chi connectivity index (χ0) is 83.2. The number of hydrogen-bond donors (Lipinski definition) is 2. The number of amides is 2. The van der Waals surface area contributed by atoms with E-state index in [2.05, 4.69) is 105 Å². The van der Waals surface area contributed by atoms with Crippen molar-refractivity contribution in [2.75, 3.05) is 115 Å².